The monoisotopic (exact) mass is 256 g/mol. The molecule has 0 radical (unpaired) electrons. The zero-order valence-corrected chi connectivity index (χ0v) is 11.1. The molecule has 1 heterocycles. The lowest BCUT2D eigenvalue weighted by molar-refractivity contribution is 0.131. The van der Waals surface area contributed by atoms with Gasteiger partial charge in [0.1, 0.15) is 0 Å². The molecule has 100 valence electrons. The average Bonchev–Trinajstić information content (AvgIpc) is 2.48. The number of fused-ring (bicyclic) bond motifs is 1. The molecule has 0 spiro atoms. The van der Waals surface area contributed by atoms with Crippen molar-refractivity contribution >= 4 is 11.0 Å². The molecule has 0 aliphatic heterocycles. The van der Waals surface area contributed by atoms with Gasteiger partial charge in [0, 0.05) is 12.4 Å². The van der Waals surface area contributed by atoms with Crippen molar-refractivity contribution < 1.29 is 5.11 Å². The van der Waals surface area contributed by atoms with Crippen molar-refractivity contribution in [3.63, 3.8) is 0 Å². The summed E-state index contributed by atoms with van der Waals surface area (Å²) in [5.41, 5.74) is 2.72. The molecule has 1 aromatic carbocycles. The highest BCUT2D eigenvalue weighted by molar-refractivity contribution is 5.74. The quantitative estimate of drug-likeness (QED) is 0.912. The number of aliphatic hydroxyl groups excluding tert-OH is 1. The van der Waals surface area contributed by atoms with Crippen LogP contribution >= 0.6 is 0 Å². The number of hydrogen-bond donors (Lipinski definition) is 1. The van der Waals surface area contributed by atoms with E-state index in [4.69, 9.17) is 0 Å². The zero-order valence-electron chi connectivity index (χ0n) is 11.1. The van der Waals surface area contributed by atoms with Crippen molar-refractivity contribution in [3.05, 3.63) is 36.2 Å². The second kappa shape index (κ2) is 5.66. The number of benzene rings is 1. The summed E-state index contributed by atoms with van der Waals surface area (Å²) in [5, 5.41) is 10.4. The first kappa shape index (κ1) is 12.5. The number of hydrogen-bond acceptors (Lipinski definition) is 3. The van der Waals surface area contributed by atoms with E-state index in [9.17, 15) is 5.11 Å². The fraction of sp³-hybridized carbons (Fsp3) is 0.500. The minimum absolute atomic E-state index is 0.366. The van der Waals surface area contributed by atoms with Crippen LogP contribution in [-0.4, -0.2) is 15.1 Å². The Kier molecular flexibility index (Phi) is 3.74. The van der Waals surface area contributed by atoms with Gasteiger partial charge in [-0.25, -0.2) is 0 Å². The van der Waals surface area contributed by atoms with Gasteiger partial charge in [-0.05, 0) is 30.0 Å². The number of rotatable bonds is 3. The van der Waals surface area contributed by atoms with Gasteiger partial charge in [0.15, 0.2) is 0 Å². The lowest BCUT2D eigenvalue weighted by Crippen LogP contribution is -2.11. The molecule has 19 heavy (non-hydrogen) atoms. The molecular formula is C16H20N2O. The SMILES string of the molecule is OC(CC1CCCCC1)c1ccc2nccnc2c1. The highest BCUT2D eigenvalue weighted by atomic mass is 16.3. The van der Waals surface area contributed by atoms with Gasteiger partial charge in [0.05, 0.1) is 17.1 Å². The number of nitrogens with zero attached hydrogens (tertiary/aromatic N) is 2. The zero-order chi connectivity index (χ0) is 13.1. The summed E-state index contributed by atoms with van der Waals surface area (Å²) in [7, 11) is 0. The van der Waals surface area contributed by atoms with Gasteiger partial charge in [-0.15, -0.1) is 0 Å². The first-order valence-electron chi connectivity index (χ1n) is 7.21. The predicted octanol–water partition coefficient (Wildman–Crippen LogP) is 3.63. The largest absolute Gasteiger partial charge is 0.388 e. The first-order valence-corrected chi connectivity index (χ1v) is 7.21. The van der Waals surface area contributed by atoms with Gasteiger partial charge in [0.25, 0.3) is 0 Å². The van der Waals surface area contributed by atoms with Gasteiger partial charge in [-0.1, -0.05) is 38.2 Å². The molecule has 1 atom stereocenters. The summed E-state index contributed by atoms with van der Waals surface area (Å²) in [6, 6.07) is 5.89. The summed E-state index contributed by atoms with van der Waals surface area (Å²) >= 11 is 0. The van der Waals surface area contributed by atoms with Crippen molar-refractivity contribution in [3.8, 4) is 0 Å². The Morgan fingerprint density at radius 1 is 1.05 bits per heavy atom. The molecule has 1 aliphatic carbocycles. The number of aromatic nitrogens is 2. The highest BCUT2D eigenvalue weighted by Crippen LogP contribution is 2.32. The molecule has 1 aromatic heterocycles. The molecule has 1 saturated carbocycles. The van der Waals surface area contributed by atoms with E-state index in [2.05, 4.69) is 9.97 Å². The lowest BCUT2D eigenvalue weighted by atomic mass is 9.84. The molecule has 1 aliphatic rings. The van der Waals surface area contributed by atoms with E-state index in [0.29, 0.717) is 5.92 Å². The Bertz CT molecular complexity index is 549. The molecule has 2 aromatic rings. The average molecular weight is 256 g/mol. The van der Waals surface area contributed by atoms with E-state index < -0.39 is 0 Å². The molecule has 1 N–H and O–H groups in total. The second-order valence-corrected chi connectivity index (χ2v) is 5.56. The predicted molar refractivity (Wildman–Crippen MR) is 75.7 cm³/mol. The molecule has 3 heteroatoms. The van der Waals surface area contributed by atoms with Crippen molar-refractivity contribution in [2.24, 2.45) is 5.92 Å². The second-order valence-electron chi connectivity index (χ2n) is 5.56. The van der Waals surface area contributed by atoms with Crippen LogP contribution in [0.1, 0.15) is 50.2 Å². The Morgan fingerprint density at radius 3 is 2.58 bits per heavy atom. The van der Waals surface area contributed by atoms with Crippen LogP contribution in [0.25, 0.3) is 11.0 Å². The third-order valence-electron chi connectivity index (χ3n) is 4.16. The molecule has 0 amide bonds. The van der Waals surface area contributed by atoms with Crippen LogP contribution in [0, 0.1) is 5.92 Å². The molecule has 0 bridgehead atoms. The minimum atomic E-state index is -0.366. The third-order valence-corrected chi connectivity index (χ3v) is 4.16. The maximum atomic E-state index is 10.4. The highest BCUT2D eigenvalue weighted by Gasteiger charge is 2.18. The van der Waals surface area contributed by atoms with Gasteiger partial charge < -0.3 is 5.11 Å². The first-order chi connectivity index (χ1) is 9.33. The molecule has 1 unspecified atom stereocenters. The maximum Gasteiger partial charge on any atom is 0.0890 e. The van der Waals surface area contributed by atoms with E-state index >= 15 is 0 Å². The van der Waals surface area contributed by atoms with Crippen LogP contribution in [0.5, 0.6) is 0 Å². The van der Waals surface area contributed by atoms with Crippen LogP contribution in [0.15, 0.2) is 30.6 Å². The third kappa shape index (κ3) is 2.92. The fourth-order valence-electron chi connectivity index (χ4n) is 3.06. The van der Waals surface area contributed by atoms with Crippen LogP contribution in [-0.2, 0) is 0 Å². The van der Waals surface area contributed by atoms with Gasteiger partial charge in [-0.2, -0.15) is 0 Å². The van der Waals surface area contributed by atoms with Crippen LogP contribution in [0.4, 0.5) is 0 Å². The summed E-state index contributed by atoms with van der Waals surface area (Å²) in [6.07, 6.45) is 10.4. The summed E-state index contributed by atoms with van der Waals surface area (Å²) in [6.45, 7) is 0. The summed E-state index contributed by atoms with van der Waals surface area (Å²) in [5.74, 6) is 0.682. The van der Waals surface area contributed by atoms with E-state index in [1.165, 1.54) is 32.1 Å². The Labute approximate surface area is 113 Å². The minimum Gasteiger partial charge on any atom is -0.388 e. The van der Waals surface area contributed by atoms with Crippen LogP contribution in [0.2, 0.25) is 0 Å². The smallest absolute Gasteiger partial charge is 0.0890 e. The van der Waals surface area contributed by atoms with Crippen molar-refractivity contribution in [1.29, 1.82) is 0 Å². The molecule has 0 saturated heterocycles. The van der Waals surface area contributed by atoms with Gasteiger partial charge in [-0.3, -0.25) is 9.97 Å². The Morgan fingerprint density at radius 2 is 1.79 bits per heavy atom. The maximum absolute atomic E-state index is 10.4. The van der Waals surface area contributed by atoms with Gasteiger partial charge >= 0.3 is 0 Å². The molecule has 3 nitrogen and oxygen atoms in total. The van der Waals surface area contributed by atoms with E-state index in [-0.39, 0.29) is 6.10 Å². The number of aliphatic hydroxyl groups is 1. The normalized spacial score (nSPS) is 18.6. The van der Waals surface area contributed by atoms with Crippen molar-refractivity contribution in [1.82, 2.24) is 9.97 Å². The fourth-order valence-corrected chi connectivity index (χ4v) is 3.06. The van der Waals surface area contributed by atoms with Crippen molar-refractivity contribution in [2.75, 3.05) is 0 Å². The van der Waals surface area contributed by atoms with E-state index in [1.807, 2.05) is 18.2 Å². The molecular weight excluding hydrogens is 236 g/mol. The standard InChI is InChI=1S/C16H20N2O/c19-16(10-12-4-2-1-3-5-12)13-6-7-14-15(11-13)18-9-8-17-14/h6-9,11-12,16,19H,1-5,10H2. The molecule has 1 fully saturated rings. The Balaban J connectivity index is 1.75. The topological polar surface area (TPSA) is 46.0 Å². The van der Waals surface area contributed by atoms with Crippen molar-refractivity contribution in [2.45, 2.75) is 44.6 Å². The van der Waals surface area contributed by atoms with E-state index in [0.717, 1.165) is 23.0 Å². The molecule has 3 rings (SSSR count). The van der Waals surface area contributed by atoms with Gasteiger partial charge in [0.2, 0.25) is 0 Å². The Hall–Kier alpha value is -1.48. The summed E-state index contributed by atoms with van der Waals surface area (Å²) in [4.78, 5) is 8.55. The lowest BCUT2D eigenvalue weighted by Gasteiger charge is -2.24. The van der Waals surface area contributed by atoms with E-state index in [1.54, 1.807) is 12.4 Å². The summed E-state index contributed by atoms with van der Waals surface area (Å²) < 4.78 is 0. The van der Waals surface area contributed by atoms with Crippen LogP contribution < -0.4 is 0 Å². The van der Waals surface area contributed by atoms with Crippen LogP contribution in [0.3, 0.4) is 0 Å².